The Kier molecular flexibility index (Phi) is 5.10. The summed E-state index contributed by atoms with van der Waals surface area (Å²) in [7, 11) is 1.33. The lowest BCUT2D eigenvalue weighted by Gasteiger charge is -2.19. The number of nitrogens with zero attached hydrogens (tertiary/aromatic N) is 2. The molecule has 0 fully saturated rings. The molecule has 2 aromatic carbocycles. The SMILES string of the molecule is CN(C(=O)OCc1ccccc1)c1ccc([N+](=O)[O-])cc1C(=O)O. The largest absolute Gasteiger partial charge is 0.478 e. The lowest BCUT2D eigenvalue weighted by Crippen LogP contribution is -2.28. The predicted octanol–water partition coefficient (Wildman–Crippen LogP) is 3.07. The van der Waals surface area contributed by atoms with Crippen LogP contribution in [0.25, 0.3) is 0 Å². The number of hydrogen-bond donors (Lipinski definition) is 1. The lowest BCUT2D eigenvalue weighted by atomic mass is 10.1. The summed E-state index contributed by atoms with van der Waals surface area (Å²) in [4.78, 5) is 34.4. The molecular weight excluding hydrogens is 316 g/mol. The van der Waals surface area contributed by atoms with Crippen molar-refractivity contribution in [1.82, 2.24) is 0 Å². The van der Waals surface area contributed by atoms with Gasteiger partial charge in [0.05, 0.1) is 16.2 Å². The second-order valence-electron chi connectivity index (χ2n) is 4.86. The van der Waals surface area contributed by atoms with E-state index in [2.05, 4.69) is 0 Å². The Morgan fingerprint density at radius 2 is 1.88 bits per heavy atom. The van der Waals surface area contributed by atoms with Crippen molar-refractivity contribution in [2.24, 2.45) is 0 Å². The Morgan fingerprint density at radius 1 is 1.21 bits per heavy atom. The van der Waals surface area contributed by atoms with E-state index in [9.17, 15) is 24.8 Å². The maximum Gasteiger partial charge on any atom is 0.414 e. The van der Waals surface area contributed by atoms with Crippen LogP contribution in [-0.2, 0) is 11.3 Å². The second kappa shape index (κ2) is 7.23. The molecule has 124 valence electrons. The van der Waals surface area contributed by atoms with Crippen LogP contribution >= 0.6 is 0 Å². The maximum absolute atomic E-state index is 12.1. The molecule has 1 amide bonds. The van der Waals surface area contributed by atoms with Gasteiger partial charge >= 0.3 is 12.1 Å². The first-order chi connectivity index (χ1) is 11.4. The minimum absolute atomic E-state index is 0.00571. The van der Waals surface area contributed by atoms with Crippen molar-refractivity contribution in [1.29, 1.82) is 0 Å². The van der Waals surface area contributed by atoms with Gasteiger partial charge in [-0.2, -0.15) is 0 Å². The van der Waals surface area contributed by atoms with Gasteiger partial charge in [-0.3, -0.25) is 15.0 Å². The van der Waals surface area contributed by atoms with Gasteiger partial charge < -0.3 is 9.84 Å². The molecule has 0 aromatic heterocycles. The third-order valence-corrected chi connectivity index (χ3v) is 3.26. The number of aromatic carboxylic acids is 1. The van der Waals surface area contributed by atoms with E-state index in [4.69, 9.17) is 4.74 Å². The van der Waals surface area contributed by atoms with E-state index < -0.39 is 17.0 Å². The average molecular weight is 330 g/mol. The van der Waals surface area contributed by atoms with Crippen molar-refractivity contribution in [3.8, 4) is 0 Å². The van der Waals surface area contributed by atoms with Crippen LogP contribution in [0.3, 0.4) is 0 Å². The van der Waals surface area contributed by atoms with E-state index in [1.165, 1.54) is 13.1 Å². The van der Waals surface area contributed by atoms with Gasteiger partial charge in [0.15, 0.2) is 0 Å². The van der Waals surface area contributed by atoms with Crippen LogP contribution in [0.15, 0.2) is 48.5 Å². The quantitative estimate of drug-likeness (QED) is 0.666. The van der Waals surface area contributed by atoms with E-state index in [1.54, 1.807) is 24.3 Å². The van der Waals surface area contributed by atoms with E-state index >= 15 is 0 Å². The molecule has 0 spiro atoms. The number of carbonyl (C=O) groups excluding carboxylic acids is 1. The summed E-state index contributed by atoms with van der Waals surface area (Å²) in [6.45, 7) is 0.0272. The number of carboxylic acids is 1. The van der Waals surface area contributed by atoms with Crippen molar-refractivity contribution >= 4 is 23.4 Å². The number of anilines is 1. The number of nitro benzene ring substituents is 1. The highest BCUT2D eigenvalue weighted by atomic mass is 16.6. The summed E-state index contributed by atoms with van der Waals surface area (Å²) < 4.78 is 5.12. The third kappa shape index (κ3) is 3.86. The maximum atomic E-state index is 12.1. The Hall–Kier alpha value is -3.42. The molecule has 8 heteroatoms. The zero-order valence-corrected chi connectivity index (χ0v) is 12.7. The van der Waals surface area contributed by atoms with E-state index in [0.29, 0.717) is 0 Å². The Balaban J connectivity index is 2.18. The molecule has 2 rings (SSSR count). The van der Waals surface area contributed by atoms with Crippen molar-refractivity contribution in [2.45, 2.75) is 6.61 Å². The van der Waals surface area contributed by atoms with E-state index in [1.807, 2.05) is 6.07 Å². The molecule has 1 N–H and O–H groups in total. The molecule has 0 radical (unpaired) electrons. The van der Waals surface area contributed by atoms with Gasteiger partial charge in [0.25, 0.3) is 5.69 Å². The van der Waals surface area contributed by atoms with E-state index in [-0.39, 0.29) is 23.5 Å². The Labute approximate surface area is 137 Å². The molecule has 8 nitrogen and oxygen atoms in total. The van der Waals surface area contributed by atoms with Gasteiger partial charge in [-0.05, 0) is 11.6 Å². The van der Waals surface area contributed by atoms with Gasteiger partial charge in [0.1, 0.15) is 6.61 Å². The number of hydrogen-bond acceptors (Lipinski definition) is 5. The van der Waals surface area contributed by atoms with Gasteiger partial charge in [-0.15, -0.1) is 0 Å². The molecular formula is C16H14N2O6. The van der Waals surface area contributed by atoms with Crippen LogP contribution in [0.5, 0.6) is 0 Å². The summed E-state index contributed by atoms with van der Waals surface area (Å²) >= 11 is 0. The third-order valence-electron chi connectivity index (χ3n) is 3.26. The van der Waals surface area contributed by atoms with Crippen molar-refractivity contribution in [3.63, 3.8) is 0 Å². The topological polar surface area (TPSA) is 110 Å². The highest BCUT2D eigenvalue weighted by Gasteiger charge is 2.22. The summed E-state index contributed by atoms with van der Waals surface area (Å²) in [6.07, 6.45) is -0.768. The highest BCUT2D eigenvalue weighted by Crippen LogP contribution is 2.25. The molecule has 0 atom stereocenters. The Bertz CT molecular complexity index is 775. The minimum Gasteiger partial charge on any atom is -0.478 e. The molecule has 24 heavy (non-hydrogen) atoms. The molecule has 0 aliphatic heterocycles. The molecule has 0 aliphatic carbocycles. The van der Waals surface area contributed by atoms with Crippen LogP contribution < -0.4 is 4.90 Å². The van der Waals surface area contributed by atoms with Crippen LogP contribution in [0, 0.1) is 10.1 Å². The second-order valence-corrected chi connectivity index (χ2v) is 4.86. The van der Waals surface area contributed by atoms with Crippen LogP contribution in [0.4, 0.5) is 16.2 Å². The molecule has 2 aromatic rings. The lowest BCUT2D eigenvalue weighted by molar-refractivity contribution is -0.384. The summed E-state index contributed by atoms with van der Waals surface area (Å²) in [6, 6.07) is 12.2. The van der Waals surface area contributed by atoms with Crippen molar-refractivity contribution in [3.05, 3.63) is 69.8 Å². The summed E-state index contributed by atoms with van der Waals surface area (Å²) in [5, 5.41) is 20.0. The van der Waals surface area contributed by atoms with Crippen LogP contribution in [0.1, 0.15) is 15.9 Å². The number of rotatable bonds is 5. The normalized spacial score (nSPS) is 10.0. The smallest absolute Gasteiger partial charge is 0.414 e. The van der Waals surface area contributed by atoms with Gasteiger partial charge in [0, 0.05) is 19.2 Å². The summed E-state index contributed by atoms with van der Waals surface area (Å²) in [5.74, 6) is -1.38. The number of amides is 1. The molecule has 0 heterocycles. The fourth-order valence-corrected chi connectivity index (χ4v) is 2.02. The molecule has 0 saturated heterocycles. The highest BCUT2D eigenvalue weighted by molar-refractivity contribution is 6.00. The standard InChI is InChI=1S/C16H14N2O6/c1-17(16(21)24-10-11-5-3-2-4-6-11)14-8-7-12(18(22)23)9-13(14)15(19)20/h2-9H,10H2,1H3,(H,19,20). The first kappa shape index (κ1) is 16.9. The number of nitro groups is 1. The van der Waals surface area contributed by atoms with Crippen molar-refractivity contribution < 1.29 is 24.4 Å². The first-order valence-corrected chi connectivity index (χ1v) is 6.86. The fourth-order valence-electron chi connectivity index (χ4n) is 2.02. The Morgan fingerprint density at radius 3 is 2.46 bits per heavy atom. The molecule has 0 saturated carbocycles. The van der Waals surface area contributed by atoms with E-state index in [0.717, 1.165) is 22.6 Å². The minimum atomic E-state index is -1.38. The van der Waals surface area contributed by atoms with Gasteiger partial charge in [-0.25, -0.2) is 9.59 Å². The molecule has 0 aliphatic rings. The number of non-ortho nitro benzene ring substituents is 1. The number of benzene rings is 2. The van der Waals surface area contributed by atoms with Crippen LogP contribution in [-0.4, -0.2) is 29.1 Å². The number of carbonyl (C=O) groups is 2. The number of carboxylic acid groups (broad SMARTS) is 1. The van der Waals surface area contributed by atoms with Crippen LogP contribution in [0.2, 0.25) is 0 Å². The van der Waals surface area contributed by atoms with Gasteiger partial charge in [0.2, 0.25) is 0 Å². The van der Waals surface area contributed by atoms with Crippen molar-refractivity contribution in [2.75, 3.05) is 11.9 Å². The predicted molar refractivity (Wildman–Crippen MR) is 85.1 cm³/mol. The molecule has 0 unspecified atom stereocenters. The molecule has 0 bridgehead atoms. The average Bonchev–Trinajstić information content (AvgIpc) is 2.59. The monoisotopic (exact) mass is 330 g/mol. The summed E-state index contributed by atoms with van der Waals surface area (Å²) in [5.41, 5.74) is 0.0538. The zero-order chi connectivity index (χ0) is 17.7. The zero-order valence-electron chi connectivity index (χ0n) is 12.7. The fraction of sp³-hybridized carbons (Fsp3) is 0.125. The first-order valence-electron chi connectivity index (χ1n) is 6.86. The van der Waals surface area contributed by atoms with Gasteiger partial charge in [-0.1, -0.05) is 30.3 Å². The number of ether oxygens (including phenoxy) is 1.